The number of rotatable bonds is 5. The molecule has 9 nitrogen and oxygen atoms in total. The Morgan fingerprint density at radius 2 is 1.64 bits per heavy atom. The average Bonchev–Trinajstić information content (AvgIpc) is 3.09. The zero-order chi connectivity index (χ0) is 23.7. The van der Waals surface area contributed by atoms with Crippen molar-refractivity contribution in [3.8, 4) is 11.5 Å². The van der Waals surface area contributed by atoms with Gasteiger partial charge in [-0.15, -0.1) is 0 Å². The van der Waals surface area contributed by atoms with Gasteiger partial charge in [-0.2, -0.15) is 0 Å². The quantitative estimate of drug-likeness (QED) is 0.200. The topological polar surface area (TPSA) is 130 Å². The molecule has 1 atom stereocenters. The molecule has 9 heteroatoms. The summed E-state index contributed by atoms with van der Waals surface area (Å²) < 4.78 is 5.43. The van der Waals surface area contributed by atoms with E-state index in [1.165, 1.54) is 43.5 Å². The van der Waals surface area contributed by atoms with Crippen molar-refractivity contribution in [3.05, 3.63) is 99.6 Å². The van der Waals surface area contributed by atoms with E-state index in [1.54, 1.807) is 36.4 Å². The summed E-state index contributed by atoms with van der Waals surface area (Å²) in [5.74, 6) is -2.29. The van der Waals surface area contributed by atoms with Crippen LogP contribution in [0.2, 0.25) is 0 Å². The van der Waals surface area contributed by atoms with Crippen LogP contribution in [0.1, 0.15) is 17.2 Å². The van der Waals surface area contributed by atoms with Gasteiger partial charge in [-0.05, 0) is 30.3 Å². The Hall–Kier alpha value is -4.66. The number of benzene rings is 3. The number of hydrogen-bond donors (Lipinski definition) is 2. The highest BCUT2D eigenvalue weighted by molar-refractivity contribution is 6.52. The van der Waals surface area contributed by atoms with Crippen LogP contribution in [-0.2, 0) is 9.59 Å². The number of ether oxygens (including phenoxy) is 1. The lowest BCUT2D eigenvalue weighted by Crippen LogP contribution is -2.29. The molecule has 1 aliphatic heterocycles. The van der Waals surface area contributed by atoms with Crippen molar-refractivity contribution in [2.24, 2.45) is 0 Å². The molecule has 1 saturated heterocycles. The first kappa shape index (κ1) is 21.6. The highest BCUT2D eigenvalue weighted by Crippen LogP contribution is 2.46. The molecule has 2 N–H and O–H groups in total. The third kappa shape index (κ3) is 3.65. The van der Waals surface area contributed by atoms with E-state index in [2.05, 4.69) is 0 Å². The van der Waals surface area contributed by atoms with E-state index in [0.29, 0.717) is 11.3 Å². The van der Waals surface area contributed by atoms with Crippen LogP contribution in [0.5, 0.6) is 11.5 Å². The standard InChI is InChI=1S/C24H18N2O7/c1-33-19-9-5-2-6-16(19)21-20(22(28)14-10-12-15(13-11-14)26(31)32)23(29)24(30)25(21)17-7-3-4-8-18(17)27/h2-13,21,27-28H,1H3/b22-20+. The number of anilines is 1. The SMILES string of the molecule is COc1ccccc1C1/C(=C(\O)c2ccc([N+](=O)[O-])cc2)C(=O)C(=O)N1c1ccccc1O. The summed E-state index contributed by atoms with van der Waals surface area (Å²) in [4.78, 5) is 37.7. The van der Waals surface area contributed by atoms with E-state index in [-0.39, 0.29) is 28.3 Å². The summed E-state index contributed by atoms with van der Waals surface area (Å²) in [6.45, 7) is 0. The van der Waals surface area contributed by atoms with E-state index >= 15 is 0 Å². The highest BCUT2D eigenvalue weighted by Gasteiger charge is 2.48. The largest absolute Gasteiger partial charge is 0.507 e. The van der Waals surface area contributed by atoms with E-state index in [4.69, 9.17) is 4.74 Å². The van der Waals surface area contributed by atoms with Crippen molar-refractivity contribution in [2.45, 2.75) is 6.04 Å². The number of para-hydroxylation sites is 3. The average molecular weight is 446 g/mol. The van der Waals surface area contributed by atoms with Crippen LogP contribution in [0.4, 0.5) is 11.4 Å². The van der Waals surface area contributed by atoms with Crippen molar-refractivity contribution in [1.82, 2.24) is 0 Å². The molecule has 0 aromatic heterocycles. The van der Waals surface area contributed by atoms with Crippen LogP contribution in [0.25, 0.3) is 5.76 Å². The maximum absolute atomic E-state index is 13.1. The molecule has 1 fully saturated rings. The minimum atomic E-state index is -1.12. The predicted molar refractivity (Wildman–Crippen MR) is 119 cm³/mol. The smallest absolute Gasteiger partial charge is 0.300 e. The fraction of sp³-hybridized carbons (Fsp3) is 0.0833. The van der Waals surface area contributed by atoms with Gasteiger partial charge in [-0.25, -0.2) is 0 Å². The van der Waals surface area contributed by atoms with Crippen molar-refractivity contribution in [3.63, 3.8) is 0 Å². The zero-order valence-electron chi connectivity index (χ0n) is 17.3. The van der Waals surface area contributed by atoms with Gasteiger partial charge in [-0.1, -0.05) is 30.3 Å². The number of aromatic hydroxyl groups is 1. The van der Waals surface area contributed by atoms with Gasteiger partial charge in [0.2, 0.25) is 0 Å². The second kappa shape index (κ2) is 8.46. The van der Waals surface area contributed by atoms with Crippen molar-refractivity contribution in [2.75, 3.05) is 12.0 Å². The first-order valence-corrected chi connectivity index (χ1v) is 9.82. The maximum atomic E-state index is 13.1. The van der Waals surface area contributed by atoms with Gasteiger partial charge in [0.05, 0.1) is 29.3 Å². The molecule has 0 bridgehead atoms. The third-order valence-corrected chi connectivity index (χ3v) is 5.37. The summed E-state index contributed by atoms with van der Waals surface area (Å²) in [6, 6.07) is 16.6. The van der Waals surface area contributed by atoms with E-state index in [9.17, 15) is 29.9 Å². The molecule has 0 saturated carbocycles. The first-order chi connectivity index (χ1) is 15.8. The normalized spacial score (nSPS) is 17.2. The number of hydrogen-bond acceptors (Lipinski definition) is 7. The Bertz CT molecular complexity index is 1300. The molecule has 0 spiro atoms. The Labute approximate surface area is 187 Å². The van der Waals surface area contributed by atoms with Crippen LogP contribution in [0.15, 0.2) is 78.4 Å². The minimum Gasteiger partial charge on any atom is -0.507 e. The van der Waals surface area contributed by atoms with E-state index in [1.807, 2.05) is 0 Å². The number of nitrogens with zero attached hydrogens (tertiary/aromatic N) is 2. The molecule has 166 valence electrons. The Morgan fingerprint density at radius 3 is 2.27 bits per heavy atom. The fourth-order valence-corrected chi connectivity index (χ4v) is 3.83. The third-order valence-electron chi connectivity index (χ3n) is 5.37. The number of nitro groups is 1. The fourth-order valence-electron chi connectivity index (χ4n) is 3.83. The Kier molecular flexibility index (Phi) is 5.53. The number of aliphatic hydroxyl groups is 1. The first-order valence-electron chi connectivity index (χ1n) is 9.82. The molecule has 4 rings (SSSR count). The van der Waals surface area contributed by atoms with Crippen molar-refractivity contribution < 1.29 is 29.5 Å². The predicted octanol–water partition coefficient (Wildman–Crippen LogP) is 3.94. The molecular formula is C24H18N2O7. The summed E-state index contributed by atoms with van der Waals surface area (Å²) in [6.07, 6.45) is 0. The van der Waals surface area contributed by atoms with Crippen molar-refractivity contribution >= 4 is 28.8 Å². The number of carbonyl (C=O) groups is 2. The second-order valence-electron chi connectivity index (χ2n) is 7.20. The van der Waals surface area contributed by atoms with Crippen LogP contribution in [0.3, 0.4) is 0 Å². The molecular weight excluding hydrogens is 428 g/mol. The van der Waals surface area contributed by atoms with Gasteiger partial charge in [0, 0.05) is 23.3 Å². The number of carbonyl (C=O) groups excluding carboxylic acids is 2. The molecule has 1 heterocycles. The number of Topliss-reactive ketones (excluding diaryl/α,β-unsaturated/α-hetero) is 1. The van der Waals surface area contributed by atoms with Gasteiger partial charge in [0.15, 0.2) is 0 Å². The Morgan fingerprint density at radius 1 is 1.00 bits per heavy atom. The molecule has 1 aliphatic rings. The van der Waals surface area contributed by atoms with Gasteiger partial charge in [0.25, 0.3) is 17.4 Å². The van der Waals surface area contributed by atoms with Crippen LogP contribution in [0, 0.1) is 10.1 Å². The lowest BCUT2D eigenvalue weighted by atomic mass is 9.94. The van der Waals surface area contributed by atoms with Crippen LogP contribution in [-0.4, -0.2) is 33.9 Å². The van der Waals surface area contributed by atoms with E-state index < -0.39 is 28.4 Å². The molecule has 3 aromatic rings. The number of phenolic OH excluding ortho intramolecular Hbond substituents is 1. The number of aliphatic hydroxyl groups excluding tert-OH is 1. The molecule has 0 aliphatic carbocycles. The summed E-state index contributed by atoms with van der Waals surface area (Å²) >= 11 is 0. The summed E-state index contributed by atoms with van der Waals surface area (Å²) in [7, 11) is 1.43. The number of methoxy groups -OCH3 is 1. The number of amides is 1. The number of phenols is 1. The summed E-state index contributed by atoms with van der Waals surface area (Å²) in [5, 5.41) is 32.4. The minimum absolute atomic E-state index is 0.0817. The number of ketones is 1. The summed E-state index contributed by atoms with van der Waals surface area (Å²) in [5.41, 5.74) is 0.184. The molecule has 1 unspecified atom stereocenters. The molecule has 0 radical (unpaired) electrons. The lowest BCUT2D eigenvalue weighted by Gasteiger charge is -2.27. The maximum Gasteiger partial charge on any atom is 0.300 e. The van der Waals surface area contributed by atoms with Gasteiger partial charge >= 0.3 is 0 Å². The van der Waals surface area contributed by atoms with Crippen LogP contribution < -0.4 is 9.64 Å². The Balaban J connectivity index is 1.97. The molecule has 33 heavy (non-hydrogen) atoms. The monoisotopic (exact) mass is 446 g/mol. The van der Waals surface area contributed by atoms with Gasteiger partial charge in [0.1, 0.15) is 17.3 Å². The molecule has 3 aromatic carbocycles. The lowest BCUT2D eigenvalue weighted by molar-refractivity contribution is -0.384. The second-order valence-corrected chi connectivity index (χ2v) is 7.20. The number of non-ortho nitro benzene ring substituents is 1. The number of nitro benzene ring substituents is 1. The van der Waals surface area contributed by atoms with Crippen LogP contribution >= 0.6 is 0 Å². The zero-order valence-corrected chi connectivity index (χ0v) is 17.3. The van der Waals surface area contributed by atoms with Gasteiger partial charge in [-0.3, -0.25) is 24.6 Å². The van der Waals surface area contributed by atoms with E-state index in [0.717, 1.165) is 4.90 Å². The van der Waals surface area contributed by atoms with Crippen molar-refractivity contribution in [1.29, 1.82) is 0 Å². The highest BCUT2D eigenvalue weighted by atomic mass is 16.6. The van der Waals surface area contributed by atoms with Gasteiger partial charge < -0.3 is 14.9 Å². The molecule has 1 amide bonds.